The molecule has 3 aliphatic carbocycles. The van der Waals surface area contributed by atoms with Crippen molar-refractivity contribution in [1.82, 2.24) is 0 Å². The zero-order valence-electron chi connectivity index (χ0n) is 12.8. The molecule has 0 radical (unpaired) electrons. The van der Waals surface area contributed by atoms with E-state index < -0.39 is 23.8 Å². The molecular weight excluding hydrogens is 305 g/mol. The molecule has 0 heterocycles. The van der Waals surface area contributed by atoms with E-state index in [9.17, 15) is 23.4 Å². The van der Waals surface area contributed by atoms with Gasteiger partial charge in [0.25, 0.3) is 0 Å². The molecule has 0 spiro atoms. The summed E-state index contributed by atoms with van der Waals surface area (Å²) in [4.78, 5) is 0. The Labute approximate surface area is 133 Å². The first-order valence-corrected chi connectivity index (χ1v) is 8.42. The van der Waals surface area contributed by atoms with Crippen LogP contribution >= 0.6 is 0 Å². The van der Waals surface area contributed by atoms with E-state index in [0.29, 0.717) is 31.2 Å². The number of halogens is 3. The summed E-state index contributed by atoms with van der Waals surface area (Å²) in [5.41, 5.74) is 0.127. The van der Waals surface area contributed by atoms with Crippen LogP contribution in [0.15, 0.2) is 12.1 Å². The van der Waals surface area contributed by atoms with Crippen molar-refractivity contribution >= 4 is 0 Å². The Morgan fingerprint density at radius 2 is 1.91 bits per heavy atom. The van der Waals surface area contributed by atoms with Crippen LogP contribution in [0.2, 0.25) is 0 Å². The number of phenolic OH excluding ortho intramolecular Hbond substituents is 1. The van der Waals surface area contributed by atoms with Crippen molar-refractivity contribution in [2.45, 2.75) is 57.0 Å². The molecule has 0 bridgehead atoms. The molecule has 0 unspecified atom stereocenters. The van der Waals surface area contributed by atoms with Crippen molar-refractivity contribution in [3.8, 4) is 5.75 Å². The fraction of sp³-hybridized carbons (Fsp3) is 0.667. The van der Waals surface area contributed by atoms with Gasteiger partial charge >= 0.3 is 0 Å². The zero-order chi connectivity index (χ0) is 16.4. The lowest BCUT2D eigenvalue weighted by Crippen LogP contribution is -2.50. The quantitative estimate of drug-likeness (QED) is 0.819. The maximum absolute atomic E-state index is 14.4. The fourth-order valence-electron chi connectivity index (χ4n) is 5.77. The standard InChI is InChI=1S/C18H21F3O2/c19-14-8-10(22)7-9-1-2-11-12(16(9)14)5-6-18(17(20)21)13(11)3-4-15(18)23/h7-8,11-13,15,17,22-23H,1-6H2/t11-,12+,13+,15+,18+/m1/s1. The van der Waals surface area contributed by atoms with Crippen molar-refractivity contribution in [3.63, 3.8) is 0 Å². The molecule has 2 fully saturated rings. The summed E-state index contributed by atoms with van der Waals surface area (Å²) < 4.78 is 42.1. The highest BCUT2D eigenvalue weighted by Gasteiger charge is 2.61. The topological polar surface area (TPSA) is 40.5 Å². The Hall–Kier alpha value is -1.23. The molecule has 2 nitrogen and oxygen atoms in total. The fourth-order valence-corrected chi connectivity index (χ4v) is 5.77. The van der Waals surface area contributed by atoms with E-state index in [-0.39, 0.29) is 29.9 Å². The highest BCUT2D eigenvalue weighted by molar-refractivity contribution is 5.41. The number of benzene rings is 1. The van der Waals surface area contributed by atoms with E-state index in [1.54, 1.807) is 6.07 Å². The average molecular weight is 326 g/mol. The van der Waals surface area contributed by atoms with E-state index >= 15 is 0 Å². The number of aliphatic hydroxyl groups excluding tert-OH is 1. The number of phenols is 1. The van der Waals surface area contributed by atoms with Gasteiger partial charge in [-0.2, -0.15) is 0 Å². The smallest absolute Gasteiger partial charge is 0.246 e. The molecule has 1 aromatic carbocycles. The zero-order valence-corrected chi connectivity index (χ0v) is 12.8. The lowest BCUT2D eigenvalue weighted by molar-refractivity contribution is -0.134. The number of hydrogen-bond acceptors (Lipinski definition) is 2. The molecule has 0 saturated heterocycles. The summed E-state index contributed by atoms with van der Waals surface area (Å²) in [6.45, 7) is 0. The number of aryl methyl sites for hydroxylation is 1. The third kappa shape index (κ3) is 1.98. The second-order valence-electron chi connectivity index (χ2n) is 7.46. The van der Waals surface area contributed by atoms with Gasteiger partial charge < -0.3 is 10.2 Å². The molecular formula is C18H21F3O2. The molecule has 0 amide bonds. The van der Waals surface area contributed by atoms with E-state index in [4.69, 9.17) is 0 Å². The van der Waals surface area contributed by atoms with Gasteiger partial charge in [0.15, 0.2) is 0 Å². The van der Waals surface area contributed by atoms with Crippen molar-refractivity contribution in [2.75, 3.05) is 0 Å². The summed E-state index contributed by atoms with van der Waals surface area (Å²) in [5, 5.41) is 19.8. The molecule has 0 aromatic heterocycles. The average Bonchev–Trinajstić information content (AvgIpc) is 2.84. The van der Waals surface area contributed by atoms with Crippen LogP contribution in [0, 0.1) is 23.1 Å². The van der Waals surface area contributed by atoms with Crippen LogP contribution in [-0.4, -0.2) is 22.7 Å². The van der Waals surface area contributed by atoms with Crippen LogP contribution in [0.25, 0.3) is 0 Å². The predicted octanol–water partition coefficient (Wildman–Crippen LogP) is 3.99. The number of rotatable bonds is 1. The van der Waals surface area contributed by atoms with Crippen LogP contribution in [0.4, 0.5) is 13.2 Å². The molecule has 0 aliphatic heterocycles. The Balaban J connectivity index is 1.75. The lowest BCUT2D eigenvalue weighted by atomic mass is 9.54. The van der Waals surface area contributed by atoms with E-state index in [1.807, 2.05) is 0 Å². The number of aliphatic hydroxyl groups is 1. The number of aromatic hydroxyl groups is 1. The monoisotopic (exact) mass is 326 g/mol. The number of hydrogen-bond donors (Lipinski definition) is 2. The van der Waals surface area contributed by atoms with Gasteiger partial charge in [0.1, 0.15) is 11.6 Å². The van der Waals surface area contributed by atoms with Gasteiger partial charge in [-0.1, -0.05) is 0 Å². The molecule has 23 heavy (non-hydrogen) atoms. The summed E-state index contributed by atoms with van der Waals surface area (Å²) in [7, 11) is 0. The van der Waals surface area contributed by atoms with Crippen molar-refractivity contribution in [3.05, 3.63) is 29.1 Å². The van der Waals surface area contributed by atoms with Crippen molar-refractivity contribution in [1.29, 1.82) is 0 Å². The minimum atomic E-state index is -2.53. The van der Waals surface area contributed by atoms with Gasteiger partial charge in [-0.25, -0.2) is 13.2 Å². The number of fused-ring (bicyclic) bond motifs is 5. The highest BCUT2D eigenvalue weighted by Crippen LogP contribution is 2.63. The maximum Gasteiger partial charge on any atom is 0.246 e. The van der Waals surface area contributed by atoms with Crippen LogP contribution in [0.1, 0.15) is 49.1 Å². The lowest BCUT2D eigenvalue weighted by Gasteiger charge is -2.51. The summed E-state index contributed by atoms with van der Waals surface area (Å²) >= 11 is 0. The van der Waals surface area contributed by atoms with Gasteiger partial charge in [-0.05, 0) is 73.5 Å². The first kappa shape index (κ1) is 15.3. The highest BCUT2D eigenvalue weighted by atomic mass is 19.3. The molecule has 5 atom stereocenters. The van der Waals surface area contributed by atoms with Gasteiger partial charge in [-0.3, -0.25) is 0 Å². The summed E-state index contributed by atoms with van der Waals surface area (Å²) in [5.74, 6) is -0.799. The normalized spacial score (nSPS) is 39.0. The van der Waals surface area contributed by atoms with E-state index in [2.05, 4.69) is 0 Å². The van der Waals surface area contributed by atoms with Crippen molar-refractivity contribution < 1.29 is 23.4 Å². The largest absolute Gasteiger partial charge is 0.508 e. The van der Waals surface area contributed by atoms with Crippen LogP contribution < -0.4 is 0 Å². The Kier molecular flexibility index (Phi) is 3.42. The van der Waals surface area contributed by atoms with Gasteiger partial charge in [-0.15, -0.1) is 0 Å². The van der Waals surface area contributed by atoms with Gasteiger partial charge in [0.2, 0.25) is 6.43 Å². The molecule has 1 aromatic rings. The maximum atomic E-state index is 14.4. The molecule has 4 rings (SSSR count). The third-order valence-electron chi connectivity index (χ3n) is 6.71. The van der Waals surface area contributed by atoms with E-state index in [1.165, 1.54) is 0 Å². The minimum absolute atomic E-state index is 0.00134. The minimum Gasteiger partial charge on any atom is -0.508 e. The predicted molar refractivity (Wildman–Crippen MR) is 79.0 cm³/mol. The first-order chi connectivity index (χ1) is 10.9. The van der Waals surface area contributed by atoms with Gasteiger partial charge in [0.05, 0.1) is 11.5 Å². The summed E-state index contributed by atoms with van der Waals surface area (Å²) in [6.07, 6.45) is -0.392. The first-order valence-electron chi connectivity index (χ1n) is 8.42. The molecule has 126 valence electrons. The van der Waals surface area contributed by atoms with E-state index in [0.717, 1.165) is 18.1 Å². The second-order valence-corrected chi connectivity index (χ2v) is 7.46. The third-order valence-corrected chi connectivity index (χ3v) is 6.71. The SMILES string of the molecule is Oc1cc(F)c2c(c1)CC[C@@H]1[C@@H]2CC[C@@]2(C(F)F)[C@@H](O)CC[C@@H]12. The Bertz CT molecular complexity index is 633. The second kappa shape index (κ2) is 5.13. The Morgan fingerprint density at radius 3 is 2.65 bits per heavy atom. The summed E-state index contributed by atoms with van der Waals surface area (Å²) in [6, 6.07) is 2.73. The number of alkyl halides is 2. The van der Waals surface area contributed by atoms with Crippen LogP contribution in [0.3, 0.4) is 0 Å². The van der Waals surface area contributed by atoms with Gasteiger partial charge in [0, 0.05) is 6.07 Å². The Morgan fingerprint density at radius 1 is 1.13 bits per heavy atom. The molecule has 2 N–H and O–H groups in total. The molecule has 3 aliphatic rings. The molecule has 5 heteroatoms. The van der Waals surface area contributed by atoms with Crippen molar-refractivity contribution in [2.24, 2.45) is 17.3 Å². The van der Waals surface area contributed by atoms with Crippen LogP contribution in [0.5, 0.6) is 5.75 Å². The molecule has 2 saturated carbocycles. The van der Waals surface area contributed by atoms with Crippen LogP contribution in [-0.2, 0) is 6.42 Å².